The van der Waals surface area contributed by atoms with Crippen molar-refractivity contribution in [3.8, 4) is 0 Å². The highest BCUT2D eigenvalue weighted by Crippen LogP contribution is 2.42. The highest BCUT2D eigenvalue weighted by atomic mass is 32.2. The molecule has 2 unspecified atom stereocenters. The fraction of sp³-hybridized carbons (Fsp3) is 0.571. The smallest absolute Gasteiger partial charge is 0.124 e. The topological polar surface area (TPSA) is 97.7 Å². The first-order valence-corrected chi connectivity index (χ1v) is 8.08. The van der Waals surface area contributed by atoms with E-state index in [-0.39, 0.29) is 17.1 Å². The standard InChI is InChI=1S/C14H20O5S/c1-10-5-6-12(20(17,18)19)11(8-10)14(9-15)7-3-2-4-13(14)16/h5-6,8,13,15-16H,2-4,7,9H2,1H3,(H,17,18,19)/p-1. The monoisotopic (exact) mass is 299 g/mol. The minimum Gasteiger partial charge on any atom is -0.744 e. The Morgan fingerprint density at radius 3 is 2.65 bits per heavy atom. The maximum atomic E-state index is 11.5. The summed E-state index contributed by atoms with van der Waals surface area (Å²) in [6.07, 6.45) is 1.73. The normalized spacial score (nSPS) is 27.5. The number of benzene rings is 1. The number of rotatable bonds is 3. The number of aliphatic hydroxyl groups excluding tert-OH is 2. The number of hydrogen-bond donors (Lipinski definition) is 2. The molecule has 2 rings (SSSR count). The van der Waals surface area contributed by atoms with E-state index in [1.165, 1.54) is 6.07 Å². The summed E-state index contributed by atoms with van der Waals surface area (Å²) in [4.78, 5) is -0.335. The zero-order valence-electron chi connectivity index (χ0n) is 11.4. The van der Waals surface area contributed by atoms with Crippen LogP contribution in [0.1, 0.15) is 36.8 Å². The number of aryl methyl sites for hydroxylation is 1. The quantitative estimate of drug-likeness (QED) is 0.813. The summed E-state index contributed by atoms with van der Waals surface area (Å²) in [5, 5.41) is 20.1. The van der Waals surface area contributed by atoms with E-state index in [1.807, 2.05) is 0 Å². The Morgan fingerprint density at radius 2 is 2.10 bits per heavy atom. The Labute approximate surface area is 119 Å². The van der Waals surface area contributed by atoms with E-state index in [0.717, 1.165) is 18.4 Å². The van der Waals surface area contributed by atoms with Crippen LogP contribution in [0.4, 0.5) is 0 Å². The lowest BCUT2D eigenvalue weighted by Crippen LogP contribution is -2.46. The molecule has 20 heavy (non-hydrogen) atoms. The molecule has 0 radical (unpaired) electrons. The van der Waals surface area contributed by atoms with Crippen LogP contribution in [0, 0.1) is 6.92 Å². The van der Waals surface area contributed by atoms with Crippen LogP contribution < -0.4 is 0 Å². The maximum Gasteiger partial charge on any atom is 0.124 e. The van der Waals surface area contributed by atoms with E-state index < -0.39 is 21.6 Å². The van der Waals surface area contributed by atoms with E-state index >= 15 is 0 Å². The SMILES string of the molecule is Cc1ccc(S(=O)(=O)[O-])c(C2(CO)CCCCC2O)c1. The second-order valence-corrected chi connectivity index (χ2v) is 6.88. The third-order valence-electron chi connectivity index (χ3n) is 4.21. The zero-order chi connectivity index (χ0) is 15.0. The lowest BCUT2D eigenvalue weighted by molar-refractivity contribution is 0.00483. The van der Waals surface area contributed by atoms with Gasteiger partial charge < -0.3 is 14.8 Å². The Kier molecular flexibility index (Phi) is 4.20. The molecule has 1 fully saturated rings. The van der Waals surface area contributed by atoms with Crippen molar-refractivity contribution in [2.45, 2.75) is 49.0 Å². The van der Waals surface area contributed by atoms with Crippen molar-refractivity contribution >= 4 is 10.1 Å². The largest absolute Gasteiger partial charge is 0.744 e. The van der Waals surface area contributed by atoms with Gasteiger partial charge in [-0.3, -0.25) is 0 Å². The van der Waals surface area contributed by atoms with Gasteiger partial charge in [-0.2, -0.15) is 0 Å². The van der Waals surface area contributed by atoms with Gasteiger partial charge in [0.15, 0.2) is 0 Å². The van der Waals surface area contributed by atoms with E-state index in [1.54, 1.807) is 19.1 Å². The van der Waals surface area contributed by atoms with Gasteiger partial charge in [0.2, 0.25) is 0 Å². The summed E-state index contributed by atoms with van der Waals surface area (Å²) >= 11 is 0. The molecule has 5 nitrogen and oxygen atoms in total. The van der Waals surface area contributed by atoms with Gasteiger partial charge >= 0.3 is 0 Å². The van der Waals surface area contributed by atoms with Gasteiger partial charge in [-0.15, -0.1) is 0 Å². The van der Waals surface area contributed by atoms with E-state index in [9.17, 15) is 23.2 Å². The molecule has 1 aliphatic carbocycles. The van der Waals surface area contributed by atoms with E-state index in [4.69, 9.17) is 0 Å². The minimum absolute atomic E-state index is 0.252. The Morgan fingerprint density at radius 1 is 1.40 bits per heavy atom. The molecule has 0 amide bonds. The van der Waals surface area contributed by atoms with Gasteiger partial charge in [-0.1, -0.05) is 30.5 Å². The van der Waals surface area contributed by atoms with E-state index in [2.05, 4.69) is 0 Å². The van der Waals surface area contributed by atoms with Gasteiger partial charge in [-0.25, -0.2) is 8.42 Å². The minimum atomic E-state index is -4.64. The van der Waals surface area contributed by atoms with Crippen LogP contribution in [0.3, 0.4) is 0 Å². The van der Waals surface area contributed by atoms with Crippen LogP contribution in [0.5, 0.6) is 0 Å². The summed E-state index contributed by atoms with van der Waals surface area (Å²) in [7, 11) is -4.64. The molecule has 0 spiro atoms. The van der Waals surface area contributed by atoms with Crippen molar-refractivity contribution in [2.75, 3.05) is 6.61 Å². The average Bonchev–Trinajstić information content (AvgIpc) is 2.38. The summed E-state index contributed by atoms with van der Waals surface area (Å²) < 4.78 is 34.4. The van der Waals surface area contributed by atoms with Crippen molar-refractivity contribution < 1.29 is 23.2 Å². The van der Waals surface area contributed by atoms with Crippen molar-refractivity contribution in [3.63, 3.8) is 0 Å². The van der Waals surface area contributed by atoms with Gasteiger partial charge in [0.1, 0.15) is 10.1 Å². The molecular weight excluding hydrogens is 280 g/mol. The van der Waals surface area contributed by atoms with Crippen molar-refractivity contribution in [1.29, 1.82) is 0 Å². The van der Waals surface area contributed by atoms with Gasteiger partial charge in [0, 0.05) is 5.41 Å². The van der Waals surface area contributed by atoms with Crippen LogP contribution >= 0.6 is 0 Å². The molecule has 0 heterocycles. The first-order valence-electron chi connectivity index (χ1n) is 6.67. The molecular formula is C14H19O5S-. The van der Waals surface area contributed by atoms with Gasteiger partial charge in [0.05, 0.1) is 17.6 Å². The van der Waals surface area contributed by atoms with Crippen LogP contribution in [0.2, 0.25) is 0 Å². The van der Waals surface area contributed by atoms with Crippen molar-refractivity contribution in [1.82, 2.24) is 0 Å². The second-order valence-electron chi connectivity index (χ2n) is 5.53. The Bertz CT molecular complexity index is 596. The van der Waals surface area contributed by atoms with Crippen LogP contribution in [-0.4, -0.2) is 35.9 Å². The molecule has 1 aromatic carbocycles. The fourth-order valence-electron chi connectivity index (χ4n) is 3.06. The molecule has 0 aliphatic heterocycles. The molecule has 1 aromatic rings. The molecule has 2 atom stereocenters. The van der Waals surface area contributed by atoms with E-state index in [0.29, 0.717) is 12.8 Å². The van der Waals surface area contributed by atoms with Crippen molar-refractivity contribution in [3.05, 3.63) is 29.3 Å². The maximum absolute atomic E-state index is 11.5. The molecule has 1 saturated carbocycles. The van der Waals surface area contributed by atoms with Crippen LogP contribution in [-0.2, 0) is 15.5 Å². The summed E-state index contributed by atoms with van der Waals surface area (Å²) in [6.45, 7) is 1.41. The second kappa shape index (κ2) is 5.44. The predicted octanol–water partition coefficient (Wildman–Crippen LogP) is 1.06. The summed E-state index contributed by atoms with van der Waals surface area (Å²) in [5.74, 6) is 0. The highest BCUT2D eigenvalue weighted by molar-refractivity contribution is 7.85. The molecule has 2 N–H and O–H groups in total. The lowest BCUT2D eigenvalue weighted by Gasteiger charge is -2.42. The van der Waals surface area contributed by atoms with Gasteiger partial charge in [-0.05, 0) is 31.4 Å². The third-order valence-corrected chi connectivity index (χ3v) is 5.11. The molecule has 0 aromatic heterocycles. The first kappa shape index (κ1) is 15.4. The Balaban J connectivity index is 2.68. The number of aliphatic hydroxyl groups is 2. The van der Waals surface area contributed by atoms with Gasteiger partial charge in [0.25, 0.3) is 0 Å². The first-order chi connectivity index (χ1) is 9.31. The molecule has 0 saturated heterocycles. The van der Waals surface area contributed by atoms with Crippen LogP contribution in [0.25, 0.3) is 0 Å². The molecule has 112 valence electrons. The lowest BCUT2D eigenvalue weighted by atomic mass is 9.67. The fourth-order valence-corrected chi connectivity index (χ4v) is 3.82. The molecule has 6 heteroatoms. The molecule has 0 bridgehead atoms. The zero-order valence-corrected chi connectivity index (χ0v) is 12.2. The average molecular weight is 299 g/mol. The third kappa shape index (κ3) is 2.61. The van der Waals surface area contributed by atoms with Crippen LogP contribution in [0.15, 0.2) is 23.1 Å². The summed E-state index contributed by atoms with van der Waals surface area (Å²) in [6, 6.07) is 4.41. The number of hydrogen-bond acceptors (Lipinski definition) is 5. The molecule has 1 aliphatic rings. The Hall–Kier alpha value is -0.950. The van der Waals surface area contributed by atoms with Crippen molar-refractivity contribution in [2.24, 2.45) is 0 Å². The predicted molar refractivity (Wildman–Crippen MR) is 72.4 cm³/mol. The summed E-state index contributed by atoms with van der Waals surface area (Å²) in [5.41, 5.74) is -0.0166. The highest BCUT2D eigenvalue weighted by Gasteiger charge is 2.43.